The van der Waals surface area contributed by atoms with Gasteiger partial charge in [0, 0.05) is 32.7 Å². The standard InChI is InChI=1S/C28H34F6N6O3/c29-27(30,31)19-11-18(12-20(13-19)28(32,33)34)16-38-25(43)26(15-21(26)10-17-4-2-1-3-5-17)39-24(42)22(37)14-23(41)40(8-6-35)9-7-36/h1-5,11-13,21-22H,6-10,14-16,35-37H2,(H,38,43)(H,39,42)/t21?,22-,26?/m0/s1. The van der Waals surface area contributed by atoms with E-state index in [-0.39, 0.29) is 38.7 Å². The molecule has 0 bridgehead atoms. The number of hydrogen-bond donors (Lipinski definition) is 5. The van der Waals surface area contributed by atoms with Gasteiger partial charge in [-0.05, 0) is 48.1 Å². The Balaban J connectivity index is 1.79. The Hall–Kier alpha value is -3.69. The maximum absolute atomic E-state index is 13.4. The van der Waals surface area contributed by atoms with Crippen molar-refractivity contribution in [3.8, 4) is 0 Å². The number of halogens is 6. The van der Waals surface area contributed by atoms with Crippen LogP contribution in [-0.2, 0) is 39.7 Å². The number of hydrogen-bond acceptors (Lipinski definition) is 6. The van der Waals surface area contributed by atoms with Crippen LogP contribution in [0, 0.1) is 5.92 Å². The predicted molar refractivity (Wildman–Crippen MR) is 145 cm³/mol. The van der Waals surface area contributed by atoms with Gasteiger partial charge in [-0.1, -0.05) is 30.3 Å². The summed E-state index contributed by atoms with van der Waals surface area (Å²) < 4.78 is 79.7. The second kappa shape index (κ2) is 13.7. The zero-order valence-electron chi connectivity index (χ0n) is 23.1. The van der Waals surface area contributed by atoms with Crippen molar-refractivity contribution in [3.05, 3.63) is 70.8 Å². The SMILES string of the molecule is NCCN(CCN)C(=O)C[C@H](N)C(=O)NC1(C(=O)NCc2cc(C(F)(F)F)cc(C(F)(F)F)c2)CC1Cc1ccccc1. The highest BCUT2D eigenvalue weighted by atomic mass is 19.4. The third-order valence-corrected chi connectivity index (χ3v) is 7.16. The first-order valence-electron chi connectivity index (χ1n) is 13.5. The number of nitrogens with zero attached hydrogens (tertiary/aromatic N) is 1. The van der Waals surface area contributed by atoms with Crippen molar-refractivity contribution in [1.82, 2.24) is 15.5 Å². The molecule has 2 unspecified atom stereocenters. The van der Waals surface area contributed by atoms with Gasteiger partial charge < -0.3 is 32.7 Å². The van der Waals surface area contributed by atoms with E-state index in [1.165, 1.54) is 4.90 Å². The van der Waals surface area contributed by atoms with Crippen molar-refractivity contribution in [1.29, 1.82) is 0 Å². The fourth-order valence-corrected chi connectivity index (χ4v) is 4.82. The van der Waals surface area contributed by atoms with E-state index in [2.05, 4.69) is 10.6 Å². The highest BCUT2D eigenvalue weighted by Gasteiger charge is 2.61. The molecule has 9 nitrogen and oxygen atoms in total. The minimum Gasteiger partial charge on any atom is -0.350 e. The molecule has 43 heavy (non-hydrogen) atoms. The molecule has 2 aromatic rings. The fraction of sp³-hybridized carbons (Fsp3) is 0.464. The molecule has 3 atom stereocenters. The number of benzene rings is 2. The summed E-state index contributed by atoms with van der Waals surface area (Å²) in [6.07, 6.45) is -10.0. The molecule has 3 rings (SSSR count). The predicted octanol–water partition coefficient (Wildman–Crippen LogP) is 1.92. The minimum absolute atomic E-state index is 0.00526. The maximum Gasteiger partial charge on any atom is 0.416 e. The Morgan fingerprint density at radius 3 is 1.98 bits per heavy atom. The number of carbonyl (C=O) groups excluding carboxylic acids is 3. The van der Waals surface area contributed by atoms with Gasteiger partial charge in [0.15, 0.2) is 0 Å². The van der Waals surface area contributed by atoms with Crippen LogP contribution in [0.15, 0.2) is 48.5 Å². The Morgan fingerprint density at radius 1 is 0.907 bits per heavy atom. The Bertz CT molecular complexity index is 1250. The second-order valence-corrected chi connectivity index (χ2v) is 10.4. The van der Waals surface area contributed by atoms with Crippen molar-refractivity contribution < 1.29 is 40.7 Å². The van der Waals surface area contributed by atoms with Crippen LogP contribution < -0.4 is 27.8 Å². The summed E-state index contributed by atoms with van der Waals surface area (Å²) in [5, 5.41) is 4.98. The lowest BCUT2D eigenvalue weighted by Gasteiger charge is -2.25. The van der Waals surface area contributed by atoms with Crippen LogP contribution in [0.25, 0.3) is 0 Å². The summed E-state index contributed by atoms with van der Waals surface area (Å²) in [4.78, 5) is 40.5. The van der Waals surface area contributed by atoms with E-state index < -0.39 is 77.2 Å². The molecule has 0 radical (unpaired) electrons. The lowest BCUT2D eigenvalue weighted by molar-refractivity contribution is -0.143. The molecule has 2 aromatic carbocycles. The normalized spacial score (nSPS) is 19.0. The van der Waals surface area contributed by atoms with E-state index in [1.54, 1.807) is 30.3 Å². The molecule has 0 spiro atoms. The summed E-state index contributed by atoms with van der Waals surface area (Å²) in [5.74, 6) is -2.56. The Morgan fingerprint density at radius 2 is 1.47 bits per heavy atom. The molecular weight excluding hydrogens is 582 g/mol. The van der Waals surface area contributed by atoms with Crippen LogP contribution >= 0.6 is 0 Å². The number of carbonyl (C=O) groups is 3. The monoisotopic (exact) mass is 616 g/mol. The molecule has 1 fully saturated rings. The van der Waals surface area contributed by atoms with Gasteiger partial charge in [0.2, 0.25) is 17.7 Å². The Kier molecular flexibility index (Phi) is 10.8. The van der Waals surface area contributed by atoms with E-state index >= 15 is 0 Å². The topological polar surface area (TPSA) is 157 Å². The smallest absolute Gasteiger partial charge is 0.350 e. The van der Waals surface area contributed by atoms with Gasteiger partial charge in [-0.3, -0.25) is 14.4 Å². The summed E-state index contributed by atoms with van der Waals surface area (Å²) in [6.45, 7) is 0.0457. The molecule has 1 saturated carbocycles. The van der Waals surface area contributed by atoms with Crippen LogP contribution in [0.4, 0.5) is 26.3 Å². The van der Waals surface area contributed by atoms with Crippen molar-refractivity contribution in [3.63, 3.8) is 0 Å². The molecule has 0 heterocycles. The van der Waals surface area contributed by atoms with Crippen LogP contribution in [0.5, 0.6) is 0 Å². The fourth-order valence-electron chi connectivity index (χ4n) is 4.82. The van der Waals surface area contributed by atoms with Gasteiger partial charge in [-0.25, -0.2) is 0 Å². The zero-order valence-corrected chi connectivity index (χ0v) is 23.1. The summed E-state index contributed by atoms with van der Waals surface area (Å²) in [6, 6.07) is 8.63. The molecular formula is C28H34F6N6O3. The lowest BCUT2D eigenvalue weighted by atomic mass is 10.0. The number of alkyl halides is 6. The van der Waals surface area contributed by atoms with Crippen LogP contribution in [0.3, 0.4) is 0 Å². The van der Waals surface area contributed by atoms with Crippen molar-refractivity contribution in [2.24, 2.45) is 23.1 Å². The molecule has 15 heteroatoms. The van der Waals surface area contributed by atoms with Gasteiger partial charge in [0.05, 0.1) is 23.6 Å². The van der Waals surface area contributed by atoms with Crippen molar-refractivity contribution in [2.45, 2.75) is 49.7 Å². The van der Waals surface area contributed by atoms with Crippen molar-refractivity contribution in [2.75, 3.05) is 26.2 Å². The summed E-state index contributed by atoms with van der Waals surface area (Å²) >= 11 is 0. The van der Waals surface area contributed by atoms with Crippen LogP contribution in [0.1, 0.15) is 35.1 Å². The van der Waals surface area contributed by atoms with E-state index in [4.69, 9.17) is 17.2 Å². The van der Waals surface area contributed by atoms with E-state index in [9.17, 15) is 40.7 Å². The second-order valence-electron chi connectivity index (χ2n) is 10.4. The summed E-state index contributed by atoms with van der Waals surface area (Å²) in [5.41, 5.74) is 12.9. The highest BCUT2D eigenvalue weighted by molar-refractivity contribution is 5.97. The molecule has 8 N–H and O–H groups in total. The molecule has 1 aliphatic carbocycles. The summed E-state index contributed by atoms with van der Waals surface area (Å²) in [7, 11) is 0. The number of nitrogens with one attached hydrogen (secondary N) is 2. The van der Waals surface area contributed by atoms with E-state index in [0.29, 0.717) is 18.6 Å². The number of rotatable bonds is 13. The minimum atomic E-state index is -5.05. The quantitative estimate of drug-likeness (QED) is 0.217. The highest BCUT2D eigenvalue weighted by Crippen LogP contribution is 2.46. The maximum atomic E-state index is 13.4. The molecule has 1 aliphatic rings. The lowest BCUT2D eigenvalue weighted by Crippen LogP contribution is -2.55. The average Bonchev–Trinajstić information content (AvgIpc) is 3.63. The first-order valence-corrected chi connectivity index (χ1v) is 13.5. The Labute approximate surface area is 244 Å². The molecule has 236 valence electrons. The average molecular weight is 617 g/mol. The van der Waals surface area contributed by atoms with E-state index in [0.717, 1.165) is 5.56 Å². The van der Waals surface area contributed by atoms with Gasteiger partial charge in [-0.15, -0.1) is 0 Å². The van der Waals surface area contributed by atoms with Crippen LogP contribution in [-0.4, -0.2) is 60.4 Å². The molecule has 3 amide bonds. The van der Waals surface area contributed by atoms with Gasteiger partial charge in [0.1, 0.15) is 5.54 Å². The van der Waals surface area contributed by atoms with Crippen molar-refractivity contribution >= 4 is 17.7 Å². The van der Waals surface area contributed by atoms with Gasteiger partial charge in [0.25, 0.3) is 0 Å². The molecule has 0 aromatic heterocycles. The first-order chi connectivity index (χ1) is 20.1. The largest absolute Gasteiger partial charge is 0.416 e. The van der Waals surface area contributed by atoms with E-state index in [1.807, 2.05) is 0 Å². The third-order valence-electron chi connectivity index (χ3n) is 7.16. The molecule has 0 aliphatic heterocycles. The first kappa shape index (κ1) is 33.8. The number of amides is 3. The van der Waals surface area contributed by atoms with Crippen LogP contribution in [0.2, 0.25) is 0 Å². The third kappa shape index (κ3) is 8.91. The van der Waals surface area contributed by atoms with Gasteiger partial charge in [-0.2, -0.15) is 26.3 Å². The number of nitrogens with two attached hydrogens (primary N) is 3. The zero-order chi connectivity index (χ0) is 32.0. The van der Waals surface area contributed by atoms with Gasteiger partial charge >= 0.3 is 12.4 Å². The molecule has 0 saturated heterocycles.